The van der Waals surface area contributed by atoms with Crippen molar-refractivity contribution in [3.05, 3.63) is 53.5 Å². The average molecular weight is 333 g/mol. The van der Waals surface area contributed by atoms with Gasteiger partial charge in [-0.2, -0.15) is 0 Å². The molecule has 2 aromatic heterocycles. The first-order chi connectivity index (χ1) is 12.2. The van der Waals surface area contributed by atoms with Crippen molar-refractivity contribution in [3.8, 4) is 0 Å². The summed E-state index contributed by atoms with van der Waals surface area (Å²) in [6.07, 6.45) is 6.30. The first-order valence-electron chi connectivity index (χ1n) is 8.75. The van der Waals surface area contributed by atoms with Crippen LogP contribution in [0.1, 0.15) is 46.4 Å². The molecule has 1 aromatic carbocycles. The molecule has 2 aliphatic rings. The fourth-order valence-electron chi connectivity index (χ4n) is 3.42. The Balaban J connectivity index is 1.31. The molecule has 0 radical (unpaired) electrons. The van der Waals surface area contributed by atoms with Crippen molar-refractivity contribution < 1.29 is 4.79 Å². The summed E-state index contributed by atoms with van der Waals surface area (Å²) in [4.78, 5) is 19.0. The van der Waals surface area contributed by atoms with Gasteiger partial charge in [0, 0.05) is 42.4 Å². The molecule has 1 aliphatic carbocycles. The molecule has 0 unspecified atom stereocenters. The van der Waals surface area contributed by atoms with Crippen molar-refractivity contribution in [1.29, 1.82) is 0 Å². The predicted octanol–water partition coefficient (Wildman–Crippen LogP) is 2.71. The third-order valence-electron chi connectivity index (χ3n) is 5.25. The van der Waals surface area contributed by atoms with Gasteiger partial charge < -0.3 is 4.90 Å². The lowest BCUT2D eigenvalue weighted by molar-refractivity contribution is 0.0498. The lowest BCUT2D eigenvalue weighted by Gasteiger charge is -2.38. The summed E-state index contributed by atoms with van der Waals surface area (Å²) in [5, 5.41) is 9.53. The molecule has 1 amide bonds. The van der Waals surface area contributed by atoms with Crippen molar-refractivity contribution in [2.75, 3.05) is 13.1 Å². The Morgan fingerprint density at radius 1 is 1.20 bits per heavy atom. The standard InChI is InChI=1S/C19H19N5O/c1-12-6-7-20-17-5-4-14(8-16(12)17)19(25)23-9-15(10-23)24-11-18(21-22-24)13-2-3-13/h4-8,11,13,15H,2-3,9-10H2,1H3. The third-order valence-corrected chi connectivity index (χ3v) is 5.25. The Morgan fingerprint density at radius 3 is 2.84 bits per heavy atom. The van der Waals surface area contributed by atoms with Gasteiger partial charge in [0.2, 0.25) is 0 Å². The van der Waals surface area contributed by atoms with E-state index >= 15 is 0 Å². The summed E-state index contributed by atoms with van der Waals surface area (Å²) in [6.45, 7) is 3.42. The monoisotopic (exact) mass is 333 g/mol. The highest BCUT2D eigenvalue weighted by atomic mass is 16.2. The van der Waals surface area contributed by atoms with Crippen molar-refractivity contribution in [1.82, 2.24) is 24.9 Å². The fraction of sp³-hybridized carbons (Fsp3) is 0.368. The van der Waals surface area contributed by atoms with Crippen molar-refractivity contribution >= 4 is 16.8 Å². The minimum absolute atomic E-state index is 0.0731. The summed E-state index contributed by atoms with van der Waals surface area (Å²) in [5.41, 5.74) is 3.88. The van der Waals surface area contributed by atoms with Gasteiger partial charge in [-0.1, -0.05) is 5.21 Å². The van der Waals surface area contributed by atoms with Crippen LogP contribution in [0.5, 0.6) is 0 Å². The number of likely N-dealkylation sites (tertiary alicyclic amines) is 1. The quantitative estimate of drug-likeness (QED) is 0.739. The van der Waals surface area contributed by atoms with Crippen LogP contribution in [-0.4, -0.2) is 43.9 Å². The molecule has 126 valence electrons. The van der Waals surface area contributed by atoms with Crippen LogP contribution >= 0.6 is 0 Å². The zero-order valence-electron chi connectivity index (χ0n) is 14.1. The summed E-state index contributed by atoms with van der Waals surface area (Å²) < 4.78 is 1.92. The molecular weight excluding hydrogens is 314 g/mol. The van der Waals surface area contributed by atoms with Gasteiger partial charge in [-0.3, -0.25) is 9.78 Å². The van der Waals surface area contributed by atoms with E-state index in [0.717, 1.165) is 27.7 Å². The number of hydrogen-bond acceptors (Lipinski definition) is 4. The summed E-state index contributed by atoms with van der Waals surface area (Å²) in [6, 6.07) is 7.96. The van der Waals surface area contributed by atoms with Crippen molar-refractivity contribution in [2.45, 2.75) is 31.7 Å². The van der Waals surface area contributed by atoms with Crippen LogP contribution in [0.15, 0.2) is 36.7 Å². The largest absolute Gasteiger partial charge is 0.334 e. The topological polar surface area (TPSA) is 63.9 Å². The zero-order chi connectivity index (χ0) is 17.0. The number of aromatic nitrogens is 4. The van der Waals surface area contributed by atoms with Gasteiger partial charge >= 0.3 is 0 Å². The van der Waals surface area contributed by atoms with Gasteiger partial charge in [0.25, 0.3) is 5.91 Å². The van der Waals surface area contributed by atoms with E-state index in [1.807, 2.05) is 40.8 Å². The van der Waals surface area contributed by atoms with Crippen LogP contribution in [0.2, 0.25) is 0 Å². The fourth-order valence-corrected chi connectivity index (χ4v) is 3.42. The highest BCUT2D eigenvalue weighted by molar-refractivity contribution is 5.98. The molecule has 3 aromatic rings. The normalized spacial score (nSPS) is 17.7. The number of pyridine rings is 1. The number of nitrogens with zero attached hydrogens (tertiary/aromatic N) is 5. The Bertz CT molecular complexity index is 969. The van der Waals surface area contributed by atoms with E-state index in [-0.39, 0.29) is 11.9 Å². The number of carbonyl (C=O) groups excluding carboxylic acids is 1. The molecule has 6 nitrogen and oxygen atoms in total. The van der Waals surface area contributed by atoms with Crippen LogP contribution in [-0.2, 0) is 0 Å². The number of rotatable bonds is 3. The maximum absolute atomic E-state index is 12.7. The van der Waals surface area contributed by atoms with Crippen LogP contribution < -0.4 is 0 Å². The molecule has 1 saturated heterocycles. The Labute approximate surface area is 145 Å². The van der Waals surface area contributed by atoms with Gasteiger partial charge in [0.1, 0.15) is 0 Å². The SMILES string of the molecule is Cc1ccnc2ccc(C(=O)N3CC(n4cc(C5CC5)nn4)C3)cc12. The van der Waals surface area contributed by atoms with Crippen LogP contribution in [0, 0.1) is 6.92 Å². The zero-order valence-corrected chi connectivity index (χ0v) is 14.1. The summed E-state index contributed by atoms with van der Waals surface area (Å²) in [7, 11) is 0. The van der Waals surface area contributed by atoms with Gasteiger partial charge in [-0.25, -0.2) is 4.68 Å². The van der Waals surface area contributed by atoms with E-state index in [4.69, 9.17) is 0 Å². The molecule has 1 aliphatic heterocycles. The van der Waals surface area contributed by atoms with Gasteiger partial charge in [0.15, 0.2) is 0 Å². The van der Waals surface area contributed by atoms with E-state index in [9.17, 15) is 4.79 Å². The maximum atomic E-state index is 12.7. The number of aryl methyl sites for hydroxylation is 1. The van der Waals surface area contributed by atoms with Crippen LogP contribution in [0.25, 0.3) is 10.9 Å². The molecule has 5 rings (SSSR count). The minimum atomic E-state index is 0.0731. The lowest BCUT2D eigenvalue weighted by atomic mass is 10.0. The average Bonchev–Trinajstić information content (AvgIpc) is 3.32. The van der Waals surface area contributed by atoms with E-state index in [1.54, 1.807) is 6.20 Å². The van der Waals surface area contributed by atoms with E-state index in [0.29, 0.717) is 19.0 Å². The van der Waals surface area contributed by atoms with Crippen LogP contribution in [0.3, 0.4) is 0 Å². The summed E-state index contributed by atoms with van der Waals surface area (Å²) in [5.74, 6) is 0.685. The number of benzene rings is 1. The second-order valence-electron chi connectivity index (χ2n) is 7.12. The number of amides is 1. The number of carbonyl (C=O) groups is 1. The van der Waals surface area contributed by atoms with E-state index in [2.05, 4.69) is 21.5 Å². The maximum Gasteiger partial charge on any atom is 0.254 e. The third kappa shape index (κ3) is 2.49. The molecule has 2 fully saturated rings. The molecular formula is C19H19N5O. The van der Waals surface area contributed by atoms with Crippen molar-refractivity contribution in [3.63, 3.8) is 0 Å². The van der Waals surface area contributed by atoms with Crippen LogP contribution in [0.4, 0.5) is 0 Å². The molecule has 0 bridgehead atoms. The van der Waals surface area contributed by atoms with Crippen molar-refractivity contribution in [2.24, 2.45) is 0 Å². The predicted molar refractivity (Wildman–Crippen MR) is 93.4 cm³/mol. The molecule has 1 saturated carbocycles. The molecule has 0 spiro atoms. The Hall–Kier alpha value is -2.76. The summed E-state index contributed by atoms with van der Waals surface area (Å²) >= 11 is 0. The van der Waals surface area contributed by atoms with E-state index < -0.39 is 0 Å². The highest BCUT2D eigenvalue weighted by Crippen LogP contribution is 2.39. The lowest BCUT2D eigenvalue weighted by Crippen LogP contribution is -2.50. The first-order valence-corrected chi connectivity index (χ1v) is 8.75. The number of fused-ring (bicyclic) bond motifs is 1. The molecule has 0 N–H and O–H groups in total. The van der Waals surface area contributed by atoms with E-state index in [1.165, 1.54) is 12.8 Å². The second-order valence-corrected chi connectivity index (χ2v) is 7.12. The first kappa shape index (κ1) is 14.6. The smallest absolute Gasteiger partial charge is 0.254 e. The van der Waals surface area contributed by atoms with Gasteiger partial charge in [-0.05, 0) is 49.6 Å². The second kappa shape index (κ2) is 5.37. The molecule has 25 heavy (non-hydrogen) atoms. The molecule has 6 heteroatoms. The molecule has 3 heterocycles. The number of hydrogen-bond donors (Lipinski definition) is 0. The highest BCUT2D eigenvalue weighted by Gasteiger charge is 2.34. The van der Waals surface area contributed by atoms with Gasteiger partial charge in [0.05, 0.1) is 17.3 Å². The molecule has 0 atom stereocenters. The Kier molecular flexibility index (Phi) is 3.13. The minimum Gasteiger partial charge on any atom is -0.334 e. The van der Waals surface area contributed by atoms with Gasteiger partial charge in [-0.15, -0.1) is 5.10 Å². The Morgan fingerprint density at radius 2 is 2.04 bits per heavy atom.